The van der Waals surface area contributed by atoms with Gasteiger partial charge in [-0.2, -0.15) is 0 Å². The van der Waals surface area contributed by atoms with Crippen molar-refractivity contribution in [3.8, 4) is 5.82 Å². The van der Waals surface area contributed by atoms with Crippen LogP contribution in [0.15, 0.2) is 54.9 Å². The molecule has 0 bridgehead atoms. The monoisotopic (exact) mass is 395 g/mol. The van der Waals surface area contributed by atoms with Gasteiger partial charge < -0.3 is 9.36 Å². The van der Waals surface area contributed by atoms with E-state index < -0.39 is 5.82 Å². The van der Waals surface area contributed by atoms with Gasteiger partial charge in [-0.05, 0) is 49.4 Å². The van der Waals surface area contributed by atoms with Gasteiger partial charge in [0.15, 0.2) is 5.82 Å². The van der Waals surface area contributed by atoms with Gasteiger partial charge in [0.1, 0.15) is 18.7 Å². The molecule has 136 valence electrons. The largest absolute Gasteiger partial charge is 0.305 e. The topological polar surface area (TPSA) is 56.2 Å². The number of nitrogens with zero attached hydrogens (tertiary/aromatic N) is 2. The van der Waals surface area contributed by atoms with Gasteiger partial charge >= 0.3 is 0 Å². The molecular weight excluding hydrogens is 380 g/mol. The van der Waals surface area contributed by atoms with Crippen molar-refractivity contribution in [2.75, 3.05) is 12.1 Å². The quantitative estimate of drug-likeness (QED) is 0.380. The van der Waals surface area contributed by atoms with Crippen molar-refractivity contribution in [3.63, 3.8) is 0 Å². The number of hydrogen-bond donors (Lipinski definition) is 1. The van der Waals surface area contributed by atoms with E-state index in [1.54, 1.807) is 6.20 Å². The van der Waals surface area contributed by atoms with Crippen molar-refractivity contribution >= 4 is 35.2 Å². The molecule has 3 rings (SSSR count). The third kappa shape index (κ3) is 5.56. The molecule has 3 aromatic rings. The molecule has 0 fully saturated rings. The summed E-state index contributed by atoms with van der Waals surface area (Å²) in [6.45, 7) is 1.94. The molecule has 1 N–H and O–H groups in total. The lowest BCUT2D eigenvalue weighted by atomic mass is 10.3. The van der Waals surface area contributed by atoms with Gasteiger partial charge in [0.25, 0.3) is 0 Å². The van der Waals surface area contributed by atoms with E-state index in [9.17, 15) is 9.18 Å². The van der Waals surface area contributed by atoms with E-state index in [0.29, 0.717) is 17.0 Å². The molecule has 0 saturated carbocycles. The highest BCUT2D eigenvalue weighted by molar-refractivity contribution is 6.32. The maximum absolute atomic E-state index is 12.6. The first-order valence-electron chi connectivity index (χ1n) is 7.54. The van der Waals surface area contributed by atoms with Crippen LogP contribution < -0.4 is 5.48 Å². The molecular formula is C18H16Cl2FN3O2. The lowest BCUT2D eigenvalue weighted by molar-refractivity contribution is -0.111. The number of carbonyl (C=O) groups is 1. The molecule has 0 amide bonds. The molecule has 0 aliphatic rings. The van der Waals surface area contributed by atoms with Crippen LogP contribution in [0, 0.1) is 12.7 Å². The van der Waals surface area contributed by atoms with E-state index in [4.69, 9.17) is 23.2 Å². The van der Waals surface area contributed by atoms with Crippen LogP contribution in [-0.2, 0) is 9.63 Å². The second kappa shape index (κ2) is 9.91. The van der Waals surface area contributed by atoms with Crippen LogP contribution in [0.4, 0.5) is 10.1 Å². The zero-order chi connectivity index (χ0) is 18.9. The van der Waals surface area contributed by atoms with Gasteiger partial charge in [0, 0.05) is 18.1 Å². The minimum atomic E-state index is -0.498. The number of hydrogen-bond acceptors (Lipinski definition) is 4. The summed E-state index contributed by atoms with van der Waals surface area (Å²) in [6, 6.07) is 11.7. The lowest BCUT2D eigenvalue weighted by Gasteiger charge is -2.05. The SMILES string of the molecule is Cc1cccn1-c1ncccc1Cl.O=CCONc1ccc(F)c(Cl)c1. The molecule has 2 aromatic heterocycles. The van der Waals surface area contributed by atoms with Gasteiger partial charge in [-0.3, -0.25) is 10.3 Å². The molecule has 0 aliphatic carbocycles. The van der Waals surface area contributed by atoms with Gasteiger partial charge in [-0.25, -0.2) is 9.37 Å². The third-order valence-corrected chi connectivity index (χ3v) is 3.77. The van der Waals surface area contributed by atoms with Crippen LogP contribution in [-0.4, -0.2) is 22.4 Å². The van der Waals surface area contributed by atoms with E-state index in [-0.39, 0.29) is 11.6 Å². The van der Waals surface area contributed by atoms with Crippen LogP contribution in [0.3, 0.4) is 0 Å². The molecule has 0 unspecified atom stereocenters. The Bertz CT molecular complexity index is 871. The summed E-state index contributed by atoms with van der Waals surface area (Å²) >= 11 is 11.5. The van der Waals surface area contributed by atoms with Crippen molar-refractivity contribution in [2.24, 2.45) is 0 Å². The number of benzene rings is 1. The molecule has 8 heteroatoms. The van der Waals surface area contributed by atoms with Gasteiger partial charge in [0.2, 0.25) is 0 Å². The highest BCUT2D eigenvalue weighted by Gasteiger charge is 2.03. The Hall–Kier alpha value is -2.41. The summed E-state index contributed by atoms with van der Waals surface area (Å²) in [5.41, 5.74) is 4.05. The average molecular weight is 396 g/mol. The molecule has 0 aliphatic heterocycles. The number of anilines is 1. The van der Waals surface area contributed by atoms with Crippen LogP contribution in [0.2, 0.25) is 10.0 Å². The Morgan fingerprint density at radius 2 is 2.04 bits per heavy atom. The first-order chi connectivity index (χ1) is 12.5. The molecule has 0 saturated heterocycles. The van der Waals surface area contributed by atoms with Crippen LogP contribution in [0.1, 0.15) is 5.69 Å². The summed E-state index contributed by atoms with van der Waals surface area (Å²) in [5, 5.41) is 0.668. The summed E-state index contributed by atoms with van der Waals surface area (Å²) in [6.07, 6.45) is 4.28. The minimum absolute atomic E-state index is 0.000275. The molecule has 0 spiro atoms. The Kier molecular flexibility index (Phi) is 7.59. The summed E-state index contributed by atoms with van der Waals surface area (Å²) in [4.78, 5) is 18.7. The van der Waals surface area contributed by atoms with Crippen molar-refractivity contribution in [3.05, 3.63) is 76.4 Å². The number of pyridine rings is 1. The zero-order valence-electron chi connectivity index (χ0n) is 13.8. The number of rotatable bonds is 5. The predicted octanol–water partition coefficient (Wildman–Crippen LogP) is 4.86. The summed E-state index contributed by atoms with van der Waals surface area (Å²) < 4.78 is 14.6. The normalized spacial score (nSPS) is 10.0. The highest BCUT2D eigenvalue weighted by Crippen LogP contribution is 2.19. The summed E-state index contributed by atoms with van der Waals surface area (Å²) in [5.74, 6) is 0.286. The van der Waals surface area contributed by atoms with E-state index in [2.05, 4.69) is 15.3 Å². The standard InChI is InChI=1S/C10H9ClN2.C8H7ClFNO2/c1-8-4-3-7-13(8)10-9(11)5-2-6-12-10;9-7-5-6(1-2-8(7)10)11-13-4-3-12/h2-7H,1H3;1-3,5,11H,4H2. The Labute approximate surface area is 160 Å². The highest BCUT2D eigenvalue weighted by atomic mass is 35.5. The third-order valence-electron chi connectivity index (χ3n) is 3.18. The van der Waals surface area contributed by atoms with Crippen LogP contribution in [0.25, 0.3) is 5.82 Å². The molecule has 26 heavy (non-hydrogen) atoms. The Morgan fingerprint density at radius 3 is 2.65 bits per heavy atom. The first-order valence-corrected chi connectivity index (χ1v) is 8.30. The van der Waals surface area contributed by atoms with Crippen LogP contribution in [0.5, 0.6) is 0 Å². The fourth-order valence-corrected chi connectivity index (χ4v) is 2.37. The maximum atomic E-state index is 12.6. The number of nitrogens with one attached hydrogen (secondary N) is 1. The molecule has 2 heterocycles. The second-order valence-corrected chi connectivity index (χ2v) is 5.85. The van der Waals surface area contributed by atoms with Gasteiger partial charge in [-0.15, -0.1) is 0 Å². The zero-order valence-corrected chi connectivity index (χ0v) is 15.3. The van der Waals surface area contributed by atoms with Crippen molar-refractivity contribution in [1.29, 1.82) is 0 Å². The lowest BCUT2D eigenvalue weighted by Crippen LogP contribution is -2.03. The van der Waals surface area contributed by atoms with E-state index >= 15 is 0 Å². The first kappa shape index (κ1) is 19.9. The maximum Gasteiger partial charge on any atom is 0.155 e. The van der Waals surface area contributed by atoms with E-state index in [1.807, 2.05) is 42.0 Å². The number of aromatic nitrogens is 2. The molecule has 1 aromatic carbocycles. The molecule has 5 nitrogen and oxygen atoms in total. The average Bonchev–Trinajstić information content (AvgIpc) is 3.05. The number of carbonyl (C=O) groups excluding carboxylic acids is 1. The fraction of sp³-hybridized carbons (Fsp3) is 0.111. The fourth-order valence-electron chi connectivity index (χ4n) is 1.98. The minimum Gasteiger partial charge on any atom is -0.305 e. The second-order valence-electron chi connectivity index (χ2n) is 5.04. The smallest absolute Gasteiger partial charge is 0.155 e. The van der Waals surface area contributed by atoms with Gasteiger partial charge in [-0.1, -0.05) is 23.2 Å². The van der Waals surface area contributed by atoms with Crippen molar-refractivity contribution in [2.45, 2.75) is 6.92 Å². The van der Waals surface area contributed by atoms with E-state index in [1.165, 1.54) is 18.2 Å². The predicted molar refractivity (Wildman–Crippen MR) is 100 cm³/mol. The number of aldehydes is 1. The summed E-state index contributed by atoms with van der Waals surface area (Å²) in [7, 11) is 0. The van der Waals surface area contributed by atoms with E-state index in [0.717, 1.165) is 11.5 Å². The van der Waals surface area contributed by atoms with Crippen molar-refractivity contribution in [1.82, 2.24) is 9.55 Å². The molecule has 0 radical (unpaired) electrons. The molecule has 0 atom stereocenters. The number of halogens is 3. The Balaban J connectivity index is 0.000000187. The van der Waals surface area contributed by atoms with Gasteiger partial charge in [0.05, 0.1) is 15.7 Å². The van der Waals surface area contributed by atoms with Crippen LogP contribution >= 0.6 is 23.2 Å². The van der Waals surface area contributed by atoms with Crippen molar-refractivity contribution < 1.29 is 14.0 Å². The number of aryl methyl sites for hydroxylation is 1. The Morgan fingerprint density at radius 1 is 1.23 bits per heavy atom.